The molecule has 0 aromatic rings. The quantitative estimate of drug-likeness (QED) is 0.470. The lowest BCUT2D eigenvalue weighted by atomic mass is 10.0. The minimum absolute atomic E-state index is 0. The molecule has 0 bridgehead atoms. The Morgan fingerprint density at radius 2 is 2.06 bits per heavy atom. The van der Waals surface area contributed by atoms with Crippen LogP contribution in [0.25, 0.3) is 0 Å². The van der Waals surface area contributed by atoms with Gasteiger partial charge in [-0.1, -0.05) is 13.3 Å². The summed E-state index contributed by atoms with van der Waals surface area (Å²) in [5, 5.41) is 0. The van der Waals surface area contributed by atoms with Crippen LogP contribution in [0.15, 0.2) is 4.99 Å². The molecule has 1 aliphatic carbocycles. The van der Waals surface area contributed by atoms with Crippen molar-refractivity contribution in [2.75, 3.05) is 26.7 Å². The predicted molar refractivity (Wildman–Crippen MR) is 87.6 cm³/mol. The molecule has 0 radical (unpaired) electrons. The van der Waals surface area contributed by atoms with Crippen molar-refractivity contribution in [1.82, 2.24) is 9.80 Å². The zero-order valence-corrected chi connectivity index (χ0v) is 14.0. The van der Waals surface area contributed by atoms with Crippen molar-refractivity contribution in [3.63, 3.8) is 0 Å². The number of aliphatic imine (C=N–C) groups is 1. The topological polar surface area (TPSA) is 44.9 Å². The molecule has 2 fully saturated rings. The molecule has 18 heavy (non-hydrogen) atoms. The summed E-state index contributed by atoms with van der Waals surface area (Å²) in [6, 6.07) is 1.27. The van der Waals surface area contributed by atoms with Gasteiger partial charge in [0.2, 0.25) is 0 Å². The number of rotatable bonds is 4. The van der Waals surface area contributed by atoms with E-state index in [0.29, 0.717) is 12.1 Å². The largest absolute Gasteiger partial charge is 0.370 e. The second kappa shape index (κ2) is 7.53. The van der Waals surface area contributed by atoms with Crippen LogP contribution in [0.2, 0.25) is 0 Å². The third kappa shape index (κ3) is 4.26. The van der Waals surface area contributed by atoms with Crippen LogP contribution in [0.4, 0.5) is 0 Å². The van der Waals surface area contributed by atoms with Crippen LogP contribution in [-0.2, 0) is 0 Å². The lowest BCUT2D eigenvalue weighted by Gasteiger charge is -2.34. The third-order valence-electron chi connectivity index (χ3n) is 4.08. The van der Waals surface area contributed by atoms with Crippen LogP contribution >= 0.6 is 24.0 Å². The molecule has 1 saturated heterocycles. The fraction of sp³-hybridized carbons (Fsp3) is 0.923. The van der Waals surface area contributed by atoms with Gasteiger partial charge >= 0.3 is 0 Å². The molecule has 2 aliphatic rings. The maximum atomic E-state index is 6.02. The van der Waals surface area contributed by atoms with E-state index >= 15 is 0 Å². The number of likely N-dealkylation sites (tertiary alicyclic amines) is 1. The third-order valence-corrected chi connectivity index (χ3v) is 4.08. The average Bonchev–Trinajstić information content (AvgIpc) is 3.19. The molecule has 2 rings (SSSR count). The Morgan fingerprint density at radius 3 is 2.67 bits per heavy atom. The minimum atomic E-state index is 0. The lowest BCUT2D eigenvalue weighted by molar-refractivity contribution is 0.161. The van der Waals surface area contributed by atoms with E-state index in [9.17, 15) is 0 Å². The zero-order chi connectivity index (χ0) is 12.3. The molecule has 0 amide bonds. The van der Waals surface area contributed by atoms with E-state index < -0.39 is 0 Å². The van der Waals surface area contributed by atoms with E-state index in [-0.39, 0.29) is 24.0 Å². The fourth-order valence-corrected chi connectivity index (χ4v) is 2.64. The molecule has 2 N–H and O–H groups in total. The Balaban J connectivity index is 0.00000162. The van der Waals surface area contributed by atoms with Gasteiger partial charge in [0.05, 0.1) is 6.54 Å². The van der Waals surface area contributed by atoms with Crippen LogP contribution < -0.4 is 5.73 Å². The van der Waals surface area contributed by atoms with E-state index in [1.54, 1.807) is 0 Å². The molecular formula is C13H27IN4. The summed E-state index contributed by atoms with van der Waals surface area (Å²) >= 11 is 0. The monoisotopic (exact) mass is 366 g/mol. The lowest BCUT2D eigenvalue weighted by Crippen LogP contribution is -2.42. The maximum Gasteiger partial charge on any atom is 0.191 e. The number of guanidine groups is 1. The minimum Gasteiger partial charge on any atom is -0.370 e. The Kier molecular flexibility index (Phi) is 6.70. The smallest absolute Gasteiger partial charge is 0.191 e. The Bertz CT molecular complexity index is 278. The number of nitrogens with two attached hydrogens (primary N) is 1. The van der Waals surface area contributed by atoms with E-state index in [2.05, 4.69) is 28.8 Å². The number of likely N-dealkylation sites (N-methyl/N-ethyl adjacent to an activating group) is 1. The summed E-state index contributed by atoms with van der Waals surface area (Å²) in [6.45, 7) is 5.48. The molecule has 106 valence electrons. The summed E-state index contributed by atoms with van der Waals surface area (Å²) in [4.78, 5) is 9.26. The van der Waals surface area contributed by atoms with Crippen molar-refractivity contribution in [2.45, 2.75) is 51.1 Å². The molecule has 1 atom stereocenters. The highest BCUT2D eigenvalue weighted by Gasteiger charge is 2.27. The summed E-state index contributed by atoms with van der Waals surface area (Å²) in [6.07, 6.45) is 6.51. The van der Waals surface area contributed by atoms with E-state index in [1.165, 1.54) is 38.6 Å². The van der Waals surface area contributed by atoms with Gasteiger partial charge in [-0.15, -0.1) is 24.0 Å². The maximum absolute atomic E-state index is 6.02. The van der Waals surface area contributed by atoms with E-state index in [4.69, 9.17) is 5.73 Å². The van der Waals surface area contributed by atoms with Gasteiger partial charge in [-0.3, -0.25) is 9.89 Å². The van der Waals surface area contributed by atoms with Crippen LogP contribution in [-0.4, -0.2) is 54.5 Å². The highest BCUT2D eigenvalue weighted by molar-refractivity contribution is 14.0. The van der Waals surface area contributed by atoms with Crippen molar-refractivity contribution < 1.29 is 0 Å². The Hall–Kier alpha value is -0.0400. The SMILES string of the molecule is CCN1CCCCC1CN=C(N)N(C)C1CC1.I. The highest BCUT2D eigenvalue weighted by Crippen LogP contribution is 2.25. The molecule has 0 aromatic carbocycles. The van der Waals surface area contributed by atoms with E-state index in [1.807, 2.05) is 0 Å². The fourth-order valence-electron chi connectivity index (χ4n) is 2.64. The van der Waals surface area contributed by atoms with Crippen LogP contribution in [0.1, 0.15) is 39.0 Å². The number of halogens is 1. The zero-order valence-electron chi connectivity index (χ0n) is 11.6. The first-order chi connectivity index (χ1) is 8.22. The summed E-state index contributed by atoms with van der Waals surface area (Å²) < 4.78 is 0. The van der Waals surface area contributed by atoms with Gasteiger partial charge < -0.3 is 10.6 Å². The van der Waals surface area contributed by atoms with Gasteiger partial charge in [0.15, 0.2) is 5.96 Å². The van der Waals surface area contributed by atoms with Gasteiger partial charge in [-0.05, 0) is 38.8 Å². The average molecular weight is 366 g/mol. The highest BCUT2D eigenvalue weighted by atomic mass is 127. The normalized spacial score (nSPS) is 25.7. The molecule has 1 aliphatic heterocycles. The molecule has 5 heteroatoms. The molecule has 1 saturated carbocycles. The first-order valence-corrected chi connectivity index (χ1v) is 6.99. The number of hydrogen-bond donors (Lipinski definition) is 1. The number of piperidine rings is 1. The van der Waals surface area contributed by atoms with Crippen LogP contribution in [0.3, 0.4) is 0 Å². The first-order valence-electron chi connectivity index (χ1n) is 6.99. The molecule has 1 heterocycles. The standard InChI is InChI=1S/C13H26N4.HI/c1-3-17-9-5-4-6-12(17)10-15-13(14)16(2)11-7-8-11;/h11-12H,3-10H2,1-2H3,(H2,14,15);1H. The Morgan fingerprint density at radius 1 is 1.33 bits per heavy atom. The van der Waals surface area contributed by atoms with Crippen molar-refractivity contribution in [3.05, 3.63) is 0 Å². The number of hydrogen-bond acceptors (Lipinski definition) is 2. The van der Waals surface area contributed by atoms with E-state index in [0.717, 1.165) is 19.0 Å². The molecule has 0 aromatic heterocycles. The molecular weight excluding hydrogens is 339 g/mol. The van der Waals surface area contributed by atoms with Crippen LogP contribution in [0, 0.1) is 0 Å². The van der Waals surface area contributed by atoms with Gasteiger partial charge in [0.1, 0.15) is 0 Å². The molecule has 1 unspecified atom stereocenters. The first kappa shape index (κ1) is 16.0. The Labute approximate surface area is 128 Å². The van der Waals surface area contributed by atoms with Gasteiger partial charge in [0.25, 0.3) is 0 Å². The second-order valence-electron chi connectivity index (χ2n) is 5.32. The van der Waals surface area contributed by atoms with Crippen LogP contribution in [0.5, 0.6) is 0 Å². The number of nitrogens with zero attached hydrogens (tertiary/aromatic N) is 3. The van der Waals surface area contributed by atoms with Crippen molar-refractivity contribution >= 4 is 29.9 Å². The van der Waals surface area contributed by atoms with Gasteiger partial charge in [-0.2, -0.15) is 0 Å². The summed E-state index contributed by atoms with van der Waals surface area (Å²) in [7, 11) is 2.06. The van der Waals surface area contributed by atoms with Crippen molar-refractivity contribution in [1.29, 1.82) is 0 Å². The summed E-state index contributed by atoms with van der Waals surface area (Å²) in [5.74, 6) is 0.731. The summed E-state index contributed by atoms with van der Waals surface area (Å²) in [5.41, 5.74) is 6.02. The van der Waals surface area contributed by atoms with Crippen molar-refractivity contribution in [3.8, 4) is 0 Å². The molecule has 0 spiro atoms. The second-order valence-corrected chi connectivity index (χ2v) is 5.32. The van der Waals surface area contributed by atoms with Gasteiger partial charge in [-0.25, -0.2) is 0 Å². The predicted octanol–water partition coefficient (Wildman–Crippen LogP) is 1.89. The molecule has 4 nitrogen and oxygen atoms in total. The van der Waals surface area contributed by atoms with Crippen molar-refractivity contribution in [2.24, 2.45) is 10.7 Å². The van der Waals surface area contributed by atoms with Gasteiger partial charge in [0, 0.05) is 19.1 Å².